The summed E-state index contributed by atoms with van der Waals surface area (Å²) in [6.45, 7) is 13.9. The molecule has 0 spiro atoms. The Hall–Kier alpha value is -1.34. The minimum Gasteiger partial charge on any atom is -0.379 e. The number of guanidine groups is 1. The fraction of sp³-hybridized carbons (Fsp3) is 0.696. The highest BCUT2D eigenvalue weighted by molar-refractivity contribution is 6.31. The van der Waals surface area contributed by atoms with Crippen LogP contribution in [0.25, 0.3) is 0 Å². The van der Waals surface area contributed by atoms with Crippen LogP contribution in [-0.2, 0) is 11.3 Å². The van der Waals surface area contributed by atoms with Crippen LogP contribution in [0.2, 0.25) is 5.02 Å². The van der Waals surface area contributed by atoms with Crippen molar-refractivity contribution in [3.63, 3.8) is 0 Å². The summed E-state index contributed by atoms with van der Waals surface area (Å²) in [5, 5.41) is 7.85. The van der Waals surface area contributed by atoms with E-state index in [1.807, 2.05) is 12.1 Å². The van der Waals surface area contributed by atoms with Crippen molar-refractivity contribution in [2.45, 2.75) is 39.3 Å². The molecule has 6 nitrogen and oxygen atoms in total. The molecule has 2 aliphatic rings. The molecular formula is C23H38ClN5O. The van der Waals surface area contributed by atoms with E-state index in [1.165, 1.54) is 18.4 Å². The summed E-state index contributed by atoms with van der Waals surface area (Å²) in [7, 11) is 0. The smallest absolute Gasteiger partial charge is 0.191 e. The van der Waals surface area contributed by atoms with E-state index < -0.39 is 0 Å². The van der Waals surface area contributed by atoms with Crippen molar-refractivity contribution in [1.82, 2.24) is 20.4 Å². The number of aliphatic imine (C=N–C) groups is 1. The van der Waals surface area contributed by atoms with Gasteiger partial charge in [0.25, 0.3) is 0 Å². The van der Waals surface area contributed by atoms with Crippen molar-refractivity contribution in [2.75, 3.05) is 59.0 Å². The largest absolute Gasteiger partial charge is 0.379 e. The highest BCUT2D eigenvalue weighted by atomic mass is 35.5. The molecule has 2 fully saturated rings. The van der Waals surface area contributed by atoms with Gasteiger partial charge in [-0.05, 0) is 57.3 Å². The van der Waals surface area contributed by atoms with Gasteiger partial charge in [-0.3, -0.25) is 14.8 Å². The molecule has 1 aromatic carbocycles. The van der Waals surface area contributed by atoms with Gasteiger partial charge >= 0.3 is 0 Å². The van der Waals surface area contributed by atoms with Crippen molar-refractivity contribution in [3.05, 3.63) is 34.9 Å². The van der Waals surface area contributed by atoms with Crippen LogP contribution in [-0.4, -0.2) is 80.8 Å². The zero-order valence-corrected chi connectivity index (χ0v) is 19.3. The third kappa shape index (κ3) is 7.41. The number of morpholine rings is 1. The first kappa shape index (κ1) is 23.3. The highest BCUT2D eigenvalue weighted by Crippen LogP contribution is 2.22. The first-order valence-electron chi connectivity index (χ1n) is 11.5. The van der Waals surface area contributed by atoms with Gasteiger partial charge in [0.1, 0.15) is 0 Å². The normalized spacial score (nSPS) is 20.8. The molecule has 1 aromatic rings. The molecule has 2 heterocycles. The van der Waals surface area contributed by atoms with E-state index in [2.05, 4.69) is 46.4 Å². The van der Waals surface area contributed by atoms with Crippen LogP contribution < -0.4 is 10.6 Å². The first-order chi connectivity index (χ1) is 14.7. The Labute approximate surface area is 187 Å². The monoisotopic (exact) mass is 435 g/mol. The van der Waals surface area contributed by atoms with Crippen molar-refractivity contribution < 1.29 is 4.74 Å². The number of ether oxygens (including phenoxy) is 1. The number of hydrogen-bond donors (Lipinski definition) is 2. The van der Waals surface area contributed by atoms with Gasteiger partial charge in [0, 0.05) is 43.8 Å². The Morgan fingerprint density at radius 3 is 2.60 bits per heavy atom. The number of benzene rings is 1. The lowest BCUT2D eigenvalue weighted by Gasteiger charge is -2.33. The molecule has 0 aliphatic carbocycles. The van der Waals surface area contributed by atoms with Crippen LogP contribution >= 0.6 is 11.6 Å². The van der Waals surface area contributed by atoms with Crippen LogP contribution in [0.15, 0.2) is 29.3 Å². The maximum absolute atomic E-state index is 6.32. The molecule has 0 bridgehead atoms. The molecule has 1 atom stereocenters. The number of halogens is 1. The maximum atomic E-state index is 6.32. The van der Waals surface area contributed by atoms with Crippen molar-refractivity contribution >= 4 is 17.6 Å². The van der Waals surface area contributed by atoms with Gasteiger partial charge < -0.3 is 15.4 Å². The van der Waals surface area contributed by atoms with Gasteiger partial charge in [-0.15, -0.1) is 0 Å². The van der Waals surface area contributed by atoms with Gasteiger partial charge in [-0.1, -0.05) is 29.8 Å². The maximum Gasteiger partial charge on any atom is 0.191 e. The molecule has 2 aliphatic heterocycles. The van der Waals surface area contributed by atoms with Crippen molar-refractivity contribution in [3.8, 4) is 0 Å². The Morgan fingerprint density at radius 1 is 1.17 bits per heavy atom. The Morgan fingerprint density at radius 2 is 1.90 bits per heavy atom. The summed E-state index contributed by atoms with van der Waals surface area (Å²) in [5.74, 6) is 1.63. The topological polar surface area (TPSA) is 52.1 Å². The predicted octanol–water partition coefficient (Wildman–Crippen LogP) is 2.83. The van der Waals surface area contributed by atoms with Crippen LogP contribution in [0.3, 0.4) is 0 Å². The Kier molecular flexibility index (Phi) is 9.72. The molecule has 3 rings (SSSR count). The number of rotatable bonds is 8. The van der Waals surface area contributed by atoms with Gasteiger partial charge in [0.2, 0.25) is 0 Å². The highest BCUT2D eigenvalue weighted by Gasteiger charge is 2.20. The van der Waals surface area contributed by atoms with Crippen molar-refractivity contribution in [1.29, 1.82) is 0 Å². The van der Waals surface area contributed by atoms with Gasteiger partial charge in [0.05, 0.1) is 19.8 Å². The average molecular weight is 436 g/mol. The van der Waals surface area contributed by atoms with Crippen LogP contribution in [0.1, 0.15) is 32.3 Å². The van der Waals surface area contributed by atoms with E-state index in [9.17, 15) is 0 Å². The molecule has 30 heavy (non-hydrogen) atoms. The zero-order chi connectivity index (χ0) is 21.2. The van der Waals surface area contributed by atoms with E-state index in [-0.39, 0.29) is 0 Å². The van der Waals surface area contributed by atoms with Crippen LogP contribution in [0, 0.1) is 5.92 Å². The van der Waals surface area contributed by atoms with E-state index in [1.54, 1.807) is 0 Å². The Balaban J connectivity index is 1.40. The second kappa shape index (κ2) is 12.5. The SMILES string of the molecule is CCNC(=NCC(C)N1CCOCC1)NCC1CCN(Cc2ccccc2Cl)CC1. The lowest BCUT2D eigenvalue weighted by atomic mass is 9.96. The lowest BCUT2D eigenvalue weighted by molar-refractivity contribution is 0.0220. The third-order valence-electron chi connectivity index (χ3n) is 6.14. The van der Waals surface area contributed by atoms with Crippen molar-refractivity contribution in [2.24, 2.45) is 10.9 Å². The summed E-state index contributed by atoms with van der Waals surface area (Å²) in [5.41, 5.74) is 1.23. The molecule has 1 unspecified atom stereocenters. The molecule has 0 radical (unpaired) electrons. The number of hydrogen-bond acceptors (Lipinski definition) is 4. The molecule has 168 valence electrons. The molecule has 2 saturated heterocycles. The first-order valence-corrected chi connectivity index (χ1v) is 11.8. The molecular weight excluding hydrogens is 398 g/mol. The van der Waals surface area contributed by atoms with Gasteiger partial charge in [0.15, 0.2) is 5.96 Å². The second-order valence-corrected chi connectivity index (χ2v) is 8.82. The predicted molar refractivity (Wildman–Crippen MR) is 125 cm³/mol. The van der Waals surface area contributed by atoms with Gasteiger partial charge in [-0.2, -0.15) is 0 Å². The summed E-state index contributed by atoms with van der Waals surface area (Å²) in [6, 6.07) is 8.62. The number of nitrogens with zero attached hydrogens (tertiary/aromatic N) is 3. The van der Waals surface area contributed by atoms with E-state index in [0.29, 0.717) is 12.0 Å². The molecule has 2 N–H and O–H groups in total. The summed E-state index contributed by atoms with van der Waals surface area (Å²) < 4.78 is 5.45. The third-order valence-corrected chi connectivity index (χ3v) is 6.51. The number of piperidine rings is 1. The summed E-state index contributed by atoms with van der Waals surface area (Å²) in [6.07, 6.45) is 2.42. The summed E-state index contributed by atoms with van der Waals surface area (Å²) >= 11 is 6.32. The molecule has 0 aromatic heterocycles. The molecule has 7 heteroatoms. The minimum atomic E-state index is 0.442. The fourth-order valence-electron chi connectivity index (χ4n) is 4.16. The number of nitrogens with one attached hydrogen (secondary N) is 2. The molecule has 0 amide bonds. The Bertz CT molecular complexity index is 657. The fourth-order valence-corrected chi connectivity index (χ4v) is 4.35. The second-order valence-electron chi connectivity index (χ2n) is 8.41. The average Bonchev–Trinajstić information content (AvgIpc) is 2.78. The molecule has 0 saturated carbocycles. The lowest BCUT2D eigenvalue weighted by Crippen LogP contribution is -2.45. The number of likely N-dealkylation sites (tertiary alicyclic amines) is 1. The van der Waals surface area contributed by atoms with Crippen LogP contribution in [0.4, 0.5) is 0 Å². The van der Waals surface area contributed by atoms with E-state index in [0.717, 1.165) is 76.6 Å². The van der Waals surface area contributed by atoms with Crippen LogP contribution in [0.5, 0.6) is 0 Å². The van der Waals surface area contributed by atoms with E-state index in [4.69, 9.17) is 21.3 Å². The summed E-state index contributed by atoms with van der Waals surface area (Å²) in [4.78, 5) is 9.82. The van der Waals surface area contributed by atoms with E-state index >= 15 is 0 Å². The van der Waals surface area contributed by atoms with Gasteiger partial charge in [-0.25, -0.2) is 0 Å². The standard InChI is InChI=1S/C23H38ClN5O/c1-3-25-23(26-16-19(2)29-12-14-30-15-13-29)27-17-20-8-10-28(11-9-20)18-21-6-4-5-7-22(21)24/h4-7,19-20H,3,8-18H2,1-2H3,(H2,25,26,27). The minimum absolute atomic E-state index is 0.442. The zero-order valence-electron chi connectivity index (χ0n) is 18.6. The quantitative estimate of drug-likeness (QED) is 0.485.